The Morgan fingerprint density at radius 1 is 0.889 bits per heavy atom. The van der Waals surface area contributed by atoms with Gasteiger partial charge in [0.2, 0.25) is 5.91 Å². The molecule has 0 aliphatic carbocycles. The summed E-state index contributed by atoms with van der Waals surface area (Å²) in [6.07, 6.45) is 0. The molecule has 1 saturated heterocycles. The lowest BCUT2D eigenvalue weighted by atomic mass is 10.0. The second-order valence-electron chi connectivity index (χ2n) is 8.97. The molecule has 184 valence electrons. The molecule has 0 saturated carbocycles. The quantitative estimate of drug-likeness (QED) is 0.550. The molecule has 3 aromatic carbocycles. The molecular weight excluding hydrogens is 452 g/mol. The van der Waals surface area contributed by atoms with Crippen LogP contribution < -0.4 is 10.1 Å². The van der Waals surface area contributed by atoms with Crippen molar-refractivity contribution in [1.29, 1.82) is 5.26 Å². The third kappa shape index (κ3) is 6.29. The predicted octanol–water partition coefficient (Wildman–Crippen LogP) is 4.00. The molecule has 1 fully saturated rings. The van der Waals surface area contributed by atoms with E-state index in [4.69, 9.17) is 10.00 Å². The van der Waals surface area contributed by atoms with Crippen molar-refractivity contribution in [1.82, 2.24) is 9.80 Å². The second-order valence-corrected chi connectivity index (χ2v) is 8.97. The van der Waals surface area contributed by atoms with Crippen LogP contribution in [0.2, 0.25) is 0 Å². The van der Waals surface area contributed by atoms with Crippen molar-refractivity contribution in [2.45, 2.75) is 13.8 Å². The average molecular weight is 483 g/mol. The van der Waals surface area contributed by atoms with Crippen LogP contribution in [0, 0.1) is 25.2 Å². The molecule has 4 rings (SSSR count). The van der Waals surface area contributed by atoms with E-state index in [2.05, 4.69) is 16.3 Å². The zero-order chi connectivity index (χ0) is 25.5. The van der Waals surface area contributed by atoms with Gasteiger partial charge in [0.1, 0.15) is 5.75 Å². The highest BCUT2D eigenvalue weighted by Gasteiger charge is 2.23. The van der Waals surface area contributed by atoms with E-state index >= 15 is 0 Å². The first kappa shape index (κ1) is 25.0. The van der Waals surface area contributed by atoms with Gasteiger partial charge < -0.3 is 15.0 Å². The number of anilines is 1. The van der Waals surface area contributed by atoms with Crippen molar-refractivity contribution in [3.8, 4) is 22.9 Å². The molecule has 2 amide bonds. The number of aryl methyl sites for hydroxylation is 2. The summed E-state index contributed by atoms with van der Waals surface area (Å²) < 4.78 is 5.72. The molecule has 1 aliphatic heterocycles. The van der Waals surface area contributed by atoms with Crippen LogP contribution in [0.4, 0.5) is 5.69 Å². The highest BCUT2D eigenvalue weighted by molar-refractivity contribution is 5.93. The van der Waals surface area contributed by atoms with Crippen LogP contribution >= 0.6 is 0 Å². The van der Waals surface area contributed by atoms with E-state index in [9.17, 15) is 9.59 Å². The van der Waals surface area contributed by atoms with Gasteiger partial charge in [0.15, 0.2) is 6.61 Å². The summed E-state index contributed by atoms with van der Waals surface area (Å²) in [5.41, 5.74) is 5.61. The third-order valence-electron chi connectivity index (χ3n) is 6.40. The first-order chi connectivity index (χ1) is 17.4. The Hall–Kier alpha value is -4.15. The Balaban J connectivity index is 1.21. The lowest BCUT2D eigenvalue weighted by Crippen LogP contribution is -2.51. The van der Waals surface area contributed by atoms with Crippen LogP contribution in [0.25, 0.3) is 11.1 Å². The molecule has 1 N–H and O–H groups in total. The topological polar surface area (TPSA) is 85.7 Å². The molecule has 0 unspecified atom stereocenters. The molecule has 36 heavy (non-hydrogen) atoms. The fraction of sp³-hybridized carbons (Fsp3) is 0.276. The molecule has 1 aliphatic rings. The van der Waals surface area contributed by atoms with Crippen molar-refractivity contribution >= 4 is 17.5 Å². The highest BCUT2D eigenvalue weighted by Crippen LogP contribution is 2.23. The second kappa shape index (κ2) is 11.5. The van der Waals surface area contributed by atoms with Gasteiger partial charge in [-0.25, -0.2) is 0 Å². The van der Waals surface area contributed by atoms with Gasteiger partial charge in [-0.1, -0.05) is 42.5 Å². The van der Waals surface area contributed by atoms with Crippen LogP contribution in [0.15, 0.2) is 66.7 Å². The summed E-state index contributed by atoms with van der Waals surface area (Å²) in [6.45, 7) is 6.67. The number of hydrogen-bond donors (Lipinski definition) is 1. The van der Waals surface area contributed by atoms with E-state index < -0.39 is 0 Å². The molecule has 0 aromatic heterocycles. The molecule has 0 bridgehead atoms. The zero-order valence-corrected chi connectivity index (χ0v) is 20.7. The summed E-state index contributed by atoms with van der Waals surface area (Å²) >= 11 is 0. The van der Waals surface area contributed by atoms with Gasteiger partial charge in [-0.3, -0.25) is 14.5 Å². The van der Waals surface area contributed by atoms with Gasteiger partial charge in [-0.15, -0.1) is 0 Å². The molecule has 0 spiro atoms. The van der Waals surface area contributed by atoms with E-state index in [0.717, 1.165) is 27.9 Å². The van der Waals surface area contributed by atoms with Crippen molar-refractivity contribution in [2.75, 3.05) is 44.6 Å². The molecular formula is C29H30N4O3. The number of piperazine rings is 1. The third-order valence-corrected chi connectivity index (χ3v) is 6.40. The monoisotopic (exact) mass is 482 g/mol. The summed E-state index contributed by atoms with van der Waals surface area (Å²) in [5.74, 6) is 0.522. The number of nitrogens with one attached hydrogen (secondary N) is 1. The minimum absolute atomic E-state index is 0.0245. The van der Waals surface area contributed by atoms with E-state index in [-0.39, 0.29) is 18.4 Å². The summed E-state index contributed by atoms with van der Waals surface area (Å²) in [6, 6.07) is 23.0. The maximum atomic E-state index is 12.6. The number of nitriles is 1. The minimum Gasteiger partial charge on any atom is -0.484 e. The van der Waals surface area contributed by atoms with Crippen molar-refractivity contribution in [3.63, 3.8) is 0 Å². The normalized spacial score (nSPS) is 13.6. The molecule has 7 heteroatoms. The van der Waals surface area contributed by atoms with Crippen molar-refractivity contribution in [2.24, 2.45) is 0 Å². The Labute approximate surface area is 211 Å². The summed E-state index contributed by atoms with van der Waals surface area (Å²) in [7, 11) is 0. The fourth-order valence-corrected chi connectivity index (χ4v) is 4.27. The molecule has 1 heterocycles. The van der Waals surface area contributed by atoms with E-state index in [1.165, 1.54) is 0 Å². The van der Waals surface area contributed by atoms with Crippen LogP contribution in [0.1, 0.15) is 16.7 Å². The molecule has 3 aromatic rings. The number of hydrogen-bond acceptors (Lipinski definition) is 5. The minimum atomic E-state index is -0.0641. The highest BCUT2D eigenvalue weighted by atomic mass is 16.5. The number of carbonyl (C=O) groups excluding carboxylic acids is 2. The SMILES string of the molecule is Cc1cccc(C)c1NC(=O)CN1CCN(C(=O)COc2ccc(-c3ccc(C#N)cc3)cc2)CC1. The molecule has 0 radical (unpaired) electrons. The fourth-order valence-electron chi connectivity index (χ4n) is 4.27. The van der Waals surface area contributed by atoms with E-state index in [1.54, 1.807) is 17.0 Å². The van der Waals surface area contributed by atoms with Gasteiger partial charge in [-0.05, 0) is 60.4 Å². The first-order valence-corrected chi connectivity index (χ1v) is 12.0. The van der Waals surface area contributed by atoms with Crippen LogP contribution in [0.5, 0.6) is 5.75 Å². The Kier molecular flexibility index (Phi) is 7.99. The number of para-hydroxylation sites is 1. The molecule has 7 nitrogen and oxygen atoms in total. The van der Waals surface area contributed by atoms with Gasteiger partial charge in [0, 0.05) is 31.9 Å². The lowest BCUT2D eigenvalue weighted by molar-refractivity contribution is -0.135. The van der Waals surface area contributed by atoms with Gasteiger partial charge in [-0.2, -0.15) is 5.26 Å². The number of nitrogens with zero attached hydrogens (tertiary/aromatic N) is 3. The number of benzene rings is 3. The number of carbonyl (C=O) groups is 2. The lowest BCUT2D eigenvalue weighted by Gasteiger charge is -2.34. The standard InChI is InChI=1S/C29H30N4O3/c1-21-4-3-5-22(2)29(21)31-27(34)19-32-14-16-33(17-15-32)28(35)20-36-26-12-10-25(11-13-26)24-8-6-23(18-30)7-9-24/h3-13H,14-17,19-20H2,1-2H3,(H,31,34). The number of amides is 2. The van der Waals surface area contributed by atoms with Gasteiger partial charge in [0.05, 0.1) is 18.2 Å². The van der Waals surface area contributed by atoms with E-state index in [0.29, 0.717) is 44.0 Å². The van der Waals surface area contributed by atoms with Crippen LogP contribution in [-0.2, 0) is 9.59 Å². The Morgan fingerprint density at radius 2 is 1.47 bits per heavy atom. The van der Waals surface area contributed by atoms with Gasteiger partial charge >= 0.3 is 0 Å². The smallest absolute Gasteiger partial charge is 0.260 e. The average Bonchev–Trinajstić information content (AvgIpc) is 2.90. The maximum Gasteiger partial charge on any atom is 0.260 e. The number of rotatable bonds is 7. The van der Waals surface area contributed by atoms with E-state index in [1.807, 2.05) is 68.4 Å². The van der Waals surface area contributed by atoms with Gasteiger partial charge in [0.25, 0.3) is 5.91 Å². The Morgan fingerprint density at radius 3 is 2.06 bits per heavy atom. The Bertz CT molecular complexity index is 1230. The first-order valence-electron chi connectivity index (χ1n) is 12.0. The van der Waals surface area contributed by atoms with Crippen LogP contribution in [0.3, 0.4) is 0 Å². The maximum absolute atomic E-state index is 12.6. The molecule has 0 atom stereocenters. The zero-order valence-electron chi connectivity index (χ0n) is 20.7. The van der Waals surface area contributed by atoms with Crippen LogP contribution in [-0.4, -0.2) is 60.9 Å². The van der Waals surface area contributed by atoms with Crippen molar-refractivity contribution < 1.29 is 14.3 Å². The summed E-state index contributed by atoms with van der Waals surface area (Å²) in [5, 5.41) is 12.0. The summed E-state index contributed by atoms with van der Waals surface area (Å²) in [4.78, 5) is 29.0. The predicted molar refractivity (Wildman–Crippen MR) is 140 cm³/mol. The number of ether oxygens (including phenoxy) is 1. The largest absolute Gasteiger partial charge is 0.484 e. The van der Waals surface area contributed by atoms with Crippen molar-refractivity contribution in [3.05, 3.63) is 83.4 Å².